The number of nitrogens with one attached hydrogen (secondary N) is 2. The number of anilines is 1. The van der Waals surface area contributed by atoms with E-state index in [2.05, 4.69) is 31.0 Å². The highest BCUT2D eigenvalue weighted by molar-refractivity contribution is 7.84. The molecule has 1 saturated heterocycles. The van der Waals surface area contributed by atoms with Gasteiger partial charge in [0.05, 0.1) is 19.3 Å². The second kappa shape index (κ2) is 12.5. The number of oxime groups is 1. The van der Waals surface area contributed by atoms with Crippen LogP contribution in [-0.2, 0) is 47.4 Å². The van der Waals surface area contributed by atoms with E-state index in [1.54, 1.807) is 0 Å². The normalized spacial score (nSPS) is 17.6. The van der Waals surface area contributed by atoms with E-state index in [9.17, 15) is 37.3 Å². The zero-order valence-corrected chi connectivity index (χ0v) is 23.4. The number of carbonyl (C=O) groups excluding carboxylic acids is 3. The molecule has 2 atom stereocenters. The topological polar surface area (TPSA) is 287 Å². The number of carboxylic acids is 1. The molecule has 0 radical (unpaired) electrons. The number of aromatic nitrogens is 4. The van der Waals surface area contributed by atoms with Crippen LogP contribution in [0.2, 0.25) is 0 Å². The van der Waals surface area contributed by atoms with Crippen molar-refractivity contribution in [2.45, 2.75) is 57.5 Å². The summed E-state index contributed by atoms with van der Waals surface area (Å²) in [5.41, 5.74) is 8.81. The first-order valence-electron chi connectivity index (χ1n) is 11.8. The molecule has 3 amide bonds. The van der Waals surface area contributed by atoms with Crippen LogP contribution in [0.4, 0.5) is 5.13 Å². The van der Waals surface area contributed by atoms with E-state index < -0.39 is 58.0 Å². The Hall–Kier alpha value is -4.21. The quantitative estimate of drug-likeness (QED) is 0.0552. The Bertz CT molecular complexity index is 1450. The van der Waals surface area contributed by atoms with Gasteiger partial charge >= 0.3 is 16.3 Å². The Morgan fingerprint density at radius 1 is 1.32 bits per heavy atom. The van der Waals surface area contributed by atoms with Crippen LogP contribution >= 0.6 is 11.3 Å². The average Bonchev–Trinajstić information content (AvgIpc) is 3.52. The minimum atomic E-state index is -5.04. The zero-order valence-electron chi connectivity index (χ0n) is 21.8. The van der Waals surface area contributed by atoms with E-state index in [1.807, 2.05) is 0 Å². The summed E-state index contributed by atoms with van der Waals surface area (Å²) in [6.45, 7) is 2.32. The number of nitrogens with two attached hydrogens (primary N) is 2. The van der Waals surface area contributed by atoms with Crippen LogP contribution in [0.1, 0.15) is 38.1 Å². The molecular weight excluding hydrogens is 588 g/mol. The number of hydrogen-bond donors (Lipinski definition) is 6. The van der Waals surface area contributed by atoms with Gasteiger partial charge in [0, 0.05) is 11.8 Å². The average molecular weight is 617 g/mol. The van der Waals surface area contributed by atoms with Crippen LogP contribution in [-0.4, -0.2) is 96.0 Å². The van der Waals surface area contributed by atoms with Crippen molar-refractivity contribution in [2.24, 2.45) is 10.9 Å². The molecule has 224 valence electrons. The molecule has 2 aromatic rings. The smallest absolute Gasteiger partial charge is 0.362 e. The lowest BCUT2D eigenvalue weighted by atomic mass is 9.98. The van der Waals surface area contributed by atoms with Crippen molar-refractivity contribution >= 4 is 56.2 Å². The predicted octanol–water partition coefficient (Wildman–Crippen LogP) is -2.55. The van der Waals surface area contributed by atoms with Crippen molar-refractivity contribution in [3.63, 3.8) is 0 Å². The van der Waals surface area contributed by atoms with Gasteiger partial charge in [-0.1, -0.05) is 5.16 Å². The molecule has 0 aromatic carbocycles. The molecule has 8 N–H and O–H groups in total. The Labute approximate surface area is 236 Å². The number of nitrogen functional groups attached to an aromatic ring is 1. The second-order valence-corrected chi connectivity index (χ2v) is 11.3. The molecule has 0 bridgehead atoms. The van der Waals surface area contributed by atoms with E-state index >= 15 is 0 Å². The molecule has 41 heavy (non-hydrogen) atoms. The summed E-state index contributed by atoms with van der Waals surface area (Å²) in [5, 5.41) is 27.3. The van der Waals surface area contributed by atoms with Crippen molar-refractivity contribution < 1.29 is 42.1 Å². The van der Waals surface area contributed by atoms with Gasteiger partial charge in [-0.25, -0.2) is 14.1 Å². The Morgan fingerprint density at radius 2 is 2.02 bits per heavy atom. The van der Waals surface area contributed by atoms with Gasteiger partial charge in [-0.2, -0.15) is 23.4 Å². The third-order valence-electron chi connectivity index (χ3n) is 5.57. The predicted molar refractivity (Wildman–Crippen MR) is 140 cm³/mol. The lowest BCUT2D eigenvalue weighted by molar-refractivity contribution is -0.161. The third kappa shape index (κ3) is 7.71. The summed E-state index contributed by atoms with van der Waals surface area (Å²) in [4.78, 5) is 59.0. The first-order valence-corrected chi connectivity index (χ1v) is 14.1. The Kier molecular flexibility index (Phi) is 9.57. The summed E-state index contributed by atoms with van der Waals surface area (Å²) in [6.07, 6.45) is 2.02. The molecule has 19 nitrogen and oxygen atoms in total. The number of carboxylic acid groups (broad SMARTS) is 1. The first kappa shape index (κ1) is 31.3. The van der Waals surface area contributed by atoms with Crippen LogP contribution in [0, 0.1) is 0 Å². The second-order valence-electron chi connectivity index (χ2n) is 9.11. The maximum absolute atomic E-state index is 13.2. The van der Waals surface area contributed by atoms with Gasteiger partial charge in [0.1, 0.15) is 23.5 Å². The van der Waals surface area contributed by atoms with Crippen LogP contribution in [0.3, 0.4) is 0 Å². The molecule has 3 heterocycles. The van der Waals surface area contributed by atoms with E-state index in [1.165, 1.54) is 25.4 Å². The number of hydrogen-bond acceptors (Lipinski definition) is 14. The number of thiazole rings is 1. The van der Waals surface area contributed by atoms with Crippen molar-refractivity contribution in [3.05, 3.63) is 23.0 Å². The van der Waals surface area contributed by atoms with Crippen LogP contribution in [0.15, 0.2) is 16.7 Å². The summed E-state index contributed by atoms with van der Waals surface area (Å²) < 4.78 is 33.5. The Balaban J connectivity index is 1.80. The van der Waals surface area contributed by atoms with E-state index in [-0.39, 0.29) is 34.0 Å². The van der Waals surface area contributed by atoms with Crippen molar-refractivity contribution in [1.29, 1.82) is 0 Å². The summed E-state index contributed by atoms with van der Waals surface area (Å²) in [6, 6.07) is -2.89. The number of carbonyl (C=O) groups is 4. The Morgan fingerprint density at radius 3 is 2.61 bits per heavy atom. The molecular formula is C20H28N10O9S2. The fraction of sp³-hybridized carbons (Fsp3) is 0.500. The standard InChI is InChI=1S/C20H28N10O9S2/c1-20(2,18(34)35)39-28-14(11-9-40-19(22)25-11)16(32)26-15-12(30(17(15)33)41(36,37)38)8-29-24-7-10(27-29)6-23-13(31)4-3-5-21/h7,9,12,15H,3-6,8,21H2,1-2H3,(H2,22,25)(H,23,31)(H,26,32)(H,34,35)(H,36,37,38)/b28-14-/t12-,15+/m1/s1. The monoisotopic (exact) mass is 616 g/mol. The minimum absolute atomic E-state index is 0.0124. The molecule has 0 aliphatic carbocycles. The van der Waals surface area contributed by atoms with Crippen molar-refractivity contribution in [1.82, 2.24) is 34.9 Å². The molecule has 0 unspecified atom stereocenters. The van der Waals surface area contributed by atoms with Crippen LogP contribution in [0.25, 0.3) is 0 Å². The van der Waals surface area contributed by atoms with Crippen molar-refractivity contribution in [2.75, 3.05) is 12.3 Å². The van der Waals surface area contributed by atoms with Gasteiger partial charge in [-0.15, -0.1) is 11.3 Å². The fourth-order valence-corrected chi connectivity index (χ4v) is 4.78. The summed E-state index contributed by atoms with van der Waals surface area (Å²) >= 11 is 0.942. The molecule has 0 spiro atoms. The lowest BCUT2D eigenvalue weighted by Gasteiger charge is -2.43. The maximum atomic E-state index is 13.2. The number of amides is 3. The molecule has 1 aliphatic rings. The van der Waals surface area contributed by atoms with Gasteiger partial charge in [-0.3, -0.25) is 18.9 Å². The molecule has 2 aromatic heterocycles. The van der Waals surface area contributed by atoms with Crippen molar-refractivity contribution in [3.8, 4) is 0 Å². The molecule has 1 fully saturated rings. The summed E-state index contributed by atoms with van der Waals surface area (Å²) in [5.74, 6) is -3.90. The van der Waals surface area contributed by atoms with Gasteiger partial charge in [0.25, 0.3) is 11.8 Å². The minimum Gasteiger partial charge on any atom is -0.478 e. The number of nitrogens with zero attached hydrogens (tertiary/aromatic N) is 6. The van der Waals surface area contributed by atoms with E-state index in [4.69, 9.17) is 16.3 Å². The summed E-state index contributed by atoms with van der Waals surface area (Å²) in [7, 11) is -5.04. The first-order chi connectivity index (χ1) is 19.1. The van der Waals surface area contributed by atoms with Gasteiger partial charge < -0.3 is 32.0 Å². The van der Waals surface area contributed by atoms with Gasteiger partial charge in [-0.05, 0) is 26.8 Å². The molecule has 1 aliphatic heterocycles. The highest BCUT2D eigenvalue weighted by Gasteiger charge is 2.54. The van der Waals surface area contributed by atoms with Crippen LogP contribution in [0.5, 0.6) is 0 Å². The van der Waals surface area contributed by atoms with E-state index in [0.717, 1.165) is 16.1 Å². The molecule has 21 heteroatoms. The SMILES string of the molecule is CC(C)(O/N=C(\C(=O)N[C@@H]1C(=O)N(S(=O)(=O)O)[C@@H]1Cn1ncc(CNC(=O)CCCN)n1)c1csc(N)n1)C(=O)O. The maximum Gasteiger partial charge on any atom is 0.362 e. The fourth-order valence-electron chi connectivity index (χ4n) is 3.36. The van der Waals surface area contributed by atoms with Gasteiger partial charge in [0.15, 0.2) is 10.8 Å². The van der Waals surface area contributed by atoms with E-state index in [0.29, 0.717) is 18.7 Å². The zero-order chi connectivity index (χ0) is 30.5. The molecule has 3 rings (SSSR count). The third-order valence-corrected chi connectivity index (χ3v) is 7.19. The number of rotatable bonds is 14. The highest BCUT2D eigenvalue weighted by Crippen LogP contribution is 2.25. The number of aliphatic carboxylic acids is 1. The van der Waals surface area contributed by atoms with Gasteiger partial charge in [0.2, 0.25) is 11.5 Å². The number of β-lactam (4-membered cyclic amide) rings is 1. The largest absolute Gasteiger partial charge is 0.478 e. The van der Waals surface area contributed by atoms with Crippen LogP contribution < -0.4 is 22.1 Å². The molecule has 0 saturated carbocycles. The lowest BCUT2D eigenvalue weighted by Crippen LogP contribution is -2.73. The highest BCUT2D eigenvalue weighted by atomic mass is 32.2.